The van der Waals surface area contributed by atoms with Crippen LogP contribution in [0.15, 0.2) is 23.1 Å². The first-order valence-electron chi connectivity index (χ1n) is 5.31. The van der Waals surface area contributed by atoms with Crippen molar-refractivity contribution in [1.29, 1.82) is 0 Å². The van der Waals surface area contributed by atoms with Crippen LogP contribution in [0.1, 0.15) is 12.0 Å². The Morgan fingerprint density at radius 2 is 2.40 bits per heavy atom. The normalized spacial score (nSPS) is 18.9. The number of hydrogen-bond donors (Lipinski definition) is 1. The maximum absolute atomic E-state index is 5.23. The fourth-order valence-corrected chi connectivity index (χ4v) is 3.19. The maximum Gasteiger partial charge on any atom is 0.119 e. The van der Waals surface area contributed by atoms with E-state index in [1.165, 1.54) is 23.3 Å². The summed E-state index contributed by atoms with van der Waals surface area (Å²) in [5.74, 6) is 0.976. The summed E-state index contributed by atoms with van der Waals surface area (Å²) in [6.45, 7) is 1.10. The molecule has 1 atom stereocenters. The van der Waals surface area contributed by atoms with E-state index >= 15 is 0 Å². The Morgan fingerprint density at radius 3 is 3.13 bits per heavy atom. The second kappa shape index (κ2) is 4.90. The molecule has 2 nitrogen and oxygen atoms in total. The minimum atomic E-state index is 0.736. The van der Waals surface area contributed by atoms with Crippen LogP contribution in [0.25, 0.3) is 0 Å². The Morgan fingerprint density at radius 1 is 1.53 bits per heavy atom. The molecular weight excluding hydrogens is 206 g/mol. The molecule has 1 unspecified atom stereocenters. The molecule has 15 heavy (non-hydrogen) atoms. The van der Waals surface area contributed by atoms with Gasteiger partial charge < -0.3 is 10.1 Å². The first-order valence-corrected chi connectivity index (χ1v) is 6.19. The van der Waals surface area contributed by atoms with E-state index in [0.29, 0.717) is 0 Å². The second-order valence-electron chi connectivity index (χ2n) is 3.81. The van der Waals surface area contributed by atoms with Crippen LogP contribution >= 0.6 is 11.8 Å². The van der Waals surface area contributed by atoms with Gasteiger partial charge in [-0.1, -0.05) is 0 Å². The molecule has 0 fully saturated rings. The number of nitrogens with one attached hydrogen (secondary N) is 1. The molecule has 0 aromatic heterocycles. The fourth-order valence-electron chi connectivity index (χ4n) is 1.89. The molecule has 1 aliphatic rings. The van der Waals surface area contributed by atoms with E-state index in [1.54, 1.807) is 7.11 Å². The molecule has 1 aliphatic heterocycles. The van der Waals surface area contributed by atoms with E-state index in [4.69, 9.17) is 4.74 Å². The van der Waals surface area contributed by atoms with Crippen LogP contribution in [0.2, 0.25) is 0 Å². The summed E-state index contributed by atoms with van der Waals surface area (Å²) in [7, 11) is 3.73. The van der Waals surface area contributed by atoms with Gasteiger partial charge >= 0.3 is 0 Å². The topological polar surface area (TPSA) is 21.3 Å². The Bertz CT molecular complexity index is 340. The van der Waals surface area contributed by atoms with Crippen LogP contribution in [0.5, 0.6) is 5.75 Å². The maximum atomic E-state index is 5.23. The predicted molar refractivity (Wildman–Crippen MR) is 64.9 cm³/mol. The minimum Gasteiger partial charge on any atom is -0.497 e. The van der Waals surface area contributed by atoms with Crippen LogP contribution in [-0.2, 0) is 6.42 Å². The van der Waals surface area contributed by atoms with Gasteiger partial charge in [-0.3, -0.25) is 0 Å². The van der Waals surface area contributed by atoms with Crippen molar-refractivity contribution in [3.63, 3.8) is 0 Å². The molecule has 0 saturated heterocycles. The molecule has 1 aromatic carbocycles. The number of ether oxygens (including phenoxy) is 1. The largest absolute Gasteiger partial charge is 0.497 e. The molecule has 0 amide bonds. The summed E-state index contributed by atoms with van der Waals surface area (Å²) in [4.78, 5) is 1.43. The summed E-state index contributed by atoms with van der Waals surface area (Å²) < 4.78 is 5.23. The highest BCUT2D eigenvalue weighted by Gasteiger charge is 2.21. The average molecular weight is 223 g/mol. The van der Waals surface area contributed by atoms with Gasteiger partial charge in [-0.2, -0.15) is 0 Å². The van der Waals surface area contributed by atoms with Crippen LogP contribution < -0.4 is 10.1 Å². The van der Waals surface area contributed by atoms with Gasteiger partial charge in [0.2, 0.25) is 0 Å². The van der Waals surface area contributed by atoms with Gasteiger partial charge in [0.25, 0.3) is 0 Å². The smallest absolute Gasteiger partial charge is 0.119 e. The van der Waals surface area contributed by atoms with Gasteiger partial charge in [-0.15, -0.1) is 11.8 Å². The third-order valence-corrected chi connectivity index (χ3v) is 4.11. The van der Waals surface area contributed by atoms with E-state index in [-0.39, 0.29) is 0 Å². The lowest BCUT2D eigenvalue weighted by molar-refractivity contribution is 0.414. The predicted octanol–water partition coefficient (Wildman–Crippen LogP) is 2.32. The number of fused-ring (bicyclic) bond motifs is 1. The van der Waals surface area contributed by atoms with E-state index < -0.39 is 0 Å². The number of rotatable bonds is 4. The van der Waals surface area contributed by atoms with Crippen molar-refractivity contribution in [1.82, 2.24) is 5.32 Å². The monoisotopic (exact) mass is 223 g/mol. The van der Waals surface area contributed by atoms with Crippen molar-refractivity contribution < 1.29 is 4.74 Å². The molecule has 1 N–H and O–H groups in total. The molecule has 82 valence electrons. The third-order valence-electron chi connectivity index (χ3n) is 2.73. The van der Waals surface area contributed by atoms with Gasteiger partial charge in [-0.25, -0.2) is 0 Å². The number of methoxy groups -OCH3 is 1. The SMILES string of the molecule is CNCCC1Cc2cc(OC)ccc2S1. The Balaban J connectivity index is 2.03. The molecule has 1 heterocycles. The lowest BCUT2D eigenvalue weighted by Gasteiger charge is -2.06. The van der Waals surface area contributed by atoms with Gasteiger partial charge in [0.15, 0.2) is 0 Å². The zero-order valence-corrected chi connectivity index (χ0v) is 10.1. The molecule has 0 bridgehead atoms. The Kier molecular flexibility index (Phi) is 3.54. The lowest BCUT2D eigenvalue weighted by atomic mass is 10.1. The van der Waals surface area contributed by atoms with Crippen molar-refractivity contribution >= 4 is 11.8 Å². The molecule has 1 aromatic rings. The van der Waals surface area contributed by atoms with Crippen molar-refractivity contribution in [2.45, 2.75) is 23.0 Å². The van der Waals surface area contributed by atoms with E-state index in [1.807, 2.05) is 24.9 Å². The molecule has 0 spiro atoms. The summed E-state index contributed by atoms with van der Waals surface area (Å²) in [5.41, 5.74) is 1.44. The average Bonchev–Trinajstić information content (AvgIpc) is 2.67. The molecule has 2 rings (SSSR count). The van der Waals surface area contributed by atoms with E-state index in [2.05, 4.69) is 17.4 Å². The zero-order chi connectivity index (χ0) is 10.7. The molecule has 0 aliphatic carbocycles. The molecular formula is C12H17NOS. The molecule has 0 radical (unpaired) electrons. The summed E-state index contributed by atoms with van der Waals surface area (Å²) >= 11 is 2.00. The Hall–Kier alpha value is -0.670. The van der Waals surface area contributed by atoms with Crippen molar-refractivity contribution in [3.8, 4) is 5.75 Å². The van der Waals surface area contributed by atoms with Crippen LogP contribution in [0.3, 0.4) is 0 Å². The van der Waals surface area contributed by atoms with E-state index in [0.717, 1.165) is 17.5 Å². The van der Waals surface area contributed by atoms with Crippen molar-refractivity contribution in [2.24, 2.45) is 0 Å². The van der Waals surface area contributed by atoms with Crippen LogP contribution in [0.4, 0.5) is 0 Å². The fraction of sp³-hybridized carbons (Fsp3) is 0.500. The first-order chi connectivity index (χ1) is 7.33. The second-order valence-corrected chi connectivity index (χ2v) is 5.15. The standard InChI is InChI=1S/C12H17NOS/c1-13-6-5-11-8-9-7-10(14-2)3-4-12(9)15-11/h3-4,7,11,13H,5-6,8H2,1-2H3. The van der Waals surface area contributed by atoms with Crippen molar-refractivity contribution in [3.05, 3.63) is 23.8 Å². The van der Waals surface area contributed by atoms with Crippen molar-refractivity contribution in [2.75, 3.05) is 20.7 Å². The lowest BCUT2D eigenvalue weighted by Crippen LogP contribution is -2.14. The minimum absolute atomic E-state index is 0.736. The van der Waals surface area contributed by atoms with Gasteiger partial charge in [0, 0.05) is 10.1 Å². The number of benzene rings is 1. The van der Waals surface area contributed by atoms with Crippen LogP contribution in [-0.4, -0.2) is 26.0 Å². The van der Waals surface area contributed by atoms with Gasteiger partial charge in [-0.05, 0) is 50.2 Å². The number of thioether (sulfide) groups is 1. The number of hydrogen-bond acceptors (Lipinski definition) is 3. The first kappa shape index (κ1) is 10.8. The highest BCUT2D eigenvalue weighted by molar-refractivity contribution is 8.00. The summed E-state index contributed by atoms with van der Waals surface area (Å²) in [6, 6.07) is 6.40. The van der Waals surface area contributed by atoms with E-state index in [9.17, 15) is 0 Å². The zero-order valence-electron chi connectivity index (χ0n) is 9.25. The highest BCUT2D eigenvalue weighted by Crippen LogP contribution is 2.39. The van der Waals surface area contributed by atoms with Crippen LogP contribution in [0, 0.1) is 0 Å². The highest BCUT2D eigenvalue weighted by atomic mass is 32.2. The van der Waals surface area contributed by atoms with Gasteiger partial charge in [0.1, 0.15) is 5.75 Å². The summed E-state index contributed by atoms with van der Waals surface area (Å²) in [6.07, 6.45) is 2.41. The quantitative estimate of drug-likeness (QED) is 0.846. The molecule has 3 heteroatoms. The Labute approximate surface area is 95.4 Å². The van der Waals surface area contributed by atoms with Gasteiger partial charge in [0.05, 0.1) is 7.11 Å². The molecule has 0 saturated carbocycles. The third kappa shape index (κ3) is 2.47. The summed E-state index contributed by atoms with van der Waals surface area (Å²) in [5, 5.41) is 3.94.